The van der Waals surface area contributed by atoms with Crippen molar-refractivity contribution in [3.63, 3.8) is 0 Å². The number of rotatable bonds is 3. The topological polar surface area (TPSA) is 73.7 Å². The quantitative estimate of drug-likeness (QED) is 0.670. The largest absolute Gasteiger partial charge is 0.490 e. The molecule has 0 bridgehead atoms. The van der Waals surface area contributed by atoms with Crippen LogP contribution >= 0.6 is 0 Å². The summed E-state index contributed by atoms with van der Waals surface area (Å²) in [6.07, 6.45) is 4.12. The normalized spacial score (nSPS) is 18.4. The Hall–Kier alpha value is -3.35. The Morgan fingerprint density at radius 3 is 2.80 bits per heavy atom. The van der Waals surface area contributed by atoms with Crippen LogP contribution < -0.4 is 15.0 Å². The summed E-state index contributed by atoms with van der Waals surface area (Å²) in [5, 5.41) is 0.522. The molecule has 0 aliphatic carbocycles. The van der Waals surface area contributed by atoms with E-state index in [0.717, 1.165) is 36.3 Å². The minimum Gasteiger partial charge on any atom is -0.490 e. The van der Waals surface area contributed by atoms with E-state index < -0.39 is 0 Å². The van der Waals surface area contributed by atoms with Crippen molar-refractivity contribution in [3.05, 3.63) is 64.7 Å². The van der Waals surface area contributed by atoms with Gasteiger partial charge in [-0.05, 0) is 42.7 Å². The number of hydrogen-bond acceptors (Lipinski definition) is 5. The Labute approximate surface area is 173 Å². The lowest BCUT2D eigenvalue weighted by Gasteiger charge is -2.26. The maximum atomic E-state index is 13.1. The Balaban J connectivity index is 1.39. The van der Waals surface area contributed by atoms with Crippen LogP contribution in [0.3, 0.4) is 0 Å². The Morgan fingerprint density at radius 2 is 1.90 bits per heavy atom. The second-order valence-corrected chi connectivity index (χ2v) is 7.70. The first-order valence-electron chi connectivity index (χ1n) is 10.3. The van der Waals surface area contributed by atoms with Crippen molar-refractivity contribution in [3.8, 4) is 11.5 Å². The van der Waals surface area contributed by atoms with Crippen LogP contribution in [0.2, 0.25) is 0 Å². The van der Waals surface area contributed by atoms with Crippen LogP contribution in [0.5, 0.6) is 11.5 Å². The number of hydrogen-bond donors (Lipinski definition) is 0. The first kappa shape index (κ1) is 18.7. The molecule has 1 amide bonds. The molecule has 0 radical (unpaired) electrons. The Bertz CT molecular complexity index is 1160. The zero-order valence-corrected chi connectivity index (χ0v) is 16.6. The highest BCUT2D eigenvalue weighted by Gasteiger charge is 2.31. The van der Waals surface area contributed by atoms with Gasteiger partial charge in [-0.25, -0.2) is 4.98 Å². The van der Waals surface area contributed by atoms with E-state index in [9.17, 15) is 9.59 Å². The summed E-state index contributed by atoms with van der Waals surface area (Å²) in [5.41, 5.74) is 1.48. The van der Waals surface area contributed by atoms with Crippen LogP contribution in [0.4, 0.5) is 0 Å². The van der Waals surface area contributed by atoms with Crippen molar-refractivity contribution in [1.29, 1.82) is 0 Å². The molecule has 2 aliphatic rings. The van der Waals surface area contributed by atoms with Gasteiger partial charge in [-0.2, -0.15) is 0 Å². The van der Waals surface area contributed by atoms with Crippen LogP contribution in [-0.2, 0) is 11.3 Å². The third kappa shape index (κ3) is 3.40. The zero-order chi connectivity index (χ0) is 20.5. The van der Waals surface area contributed by atoms with Crippen molar-refractivity contribution in [2.24, 2.45) is 0 Å². The van der Waals surface area contributed by atoms with E-state index >= 15 is 0 Å². The molecule has 2 aliphatic heterocycles. The lowest BCUT2D eigenvalue weighted by atomic mass is 10.0. The standard InChI is InChI=1S/C23H23N3O4/c27-22(14-25-15-24-18-6-2-1-5-17(18)23(25)28)26-10-3-7-19(26)16-8-9-20-21(13-16)30-12-4-11-29-20/h1-2,5-6,8-9,13,15,19H,3-4,7,10-12,14H2/t19-/m1/s1. The van der Waals surface area contributed by atoms with Gasteiger partial charge in [0.2, 0.25) is 5.91 Å². The van der Waals surface area contributed by atoms with Crippen molar-refractivity contribution < 1.29 is 14.3 Å². The molecule has 1 atom stereocenters. The molecule has 1 aromatic heterocycles. The van der Waals surface area contributed by atoms with Crippen molar-refractivity contribution in [2.45, 2.75) is 31.8 Å². The van der Waals surface area contributed by atoms with E-state index in [2.05, 4.69) is 4.98 Å². The number of aromatic nitrogens is 2. The maximum absolute atomic E-state index is 13.1. The zero-order valence-electron chi connectivity index (χ0n) is 16.6. The molecule has 7 heteroatoms. The van der Waals surface area contributed by atoms with Gasteiger partial charge in [-0.15, -0.1) is 0 Å². The van der Waals surface area contributed by atoms with Gasteiger partial charge in [0.1, 0.15) is 6.54 Å². The van der Waals surface area contributed by atoms with Crippen LogP contribution in [-0.4, -0.2) is 40.1 Å². The van der Waals surface area contributed by atoms with Gasteiger partial charge >= 0.3 is 0 Å². The summed E-state index contributed by atoms with van der Waals surface area (Å²) in [6, 6.07) is 13.1. The Kier molecular flexibility index (Phi) is 4.86. The van der Waals surface area contributed by atoms with Crippen LogP contribution in [0.15, 0.2) is 53.6 Å². The molecule has 0 spiro atoms. The van der Waals surface area contributed by atoms with Gasteiger partial charge in [-0.1, -0.05) is 18.2 Å². The molecule has 2 aromatic carbocycles. The fourth-order valence-corrected chi connectivity index (χ4v) is 4.25. The van der Waals surface area contributed by atoms with Gasteiger partial charge in [0.15, 0.2) is 11.5 Å². The molecular weight excluding hydrogens is 382 g/mol. The van der Waals surface area contributed by atoms with Gasteiger partial charge in [-0.3, -0.25) is 14.2 Å². The van der Waals surface area contributed by atoms with E-state index in [0.29, 0.717) is 30.7 Å². The number of para-hydroxylation sites is 1. The minimum absolute atomic E-state index is 0.0162. The van der Waals surface area contributed by atoms with Crippen LogP contribution in [0.1, 0.15) is 30.9 Å². The summed E-state index contributed by atoms with van der Waals surface area (Å²) in [7, 11) is 0. The first-order valence-corrected chi connectivity index (χ1v) is 10.3. The van der Waals surface area contributed by atoms with Gasteiger partial charge in [0.25, 0.3) is 5.56 Å². The maximum Gasteiger partial charge on any atom is 0.261 e. The van der Waals surface area contributed by atoms with Crippen molar-refractivity contribution in [1.82, 2.24) is 14.5 Å². The molecule has 0 unspecified atom stereocenters. The summed E-state index contributed by atoms with van der Waals surface area (Å²) in [6.45, 7) is 1.93. The van der Waals surface area contributed by atoms with Gasteiger partial charge < -0.3 is 14.4 Å². The summed E-state index contributed by atoms with van der Waals surface area (Å²) in [4.78, 5) is 32.0. The third-order valence-electron chi connectivity index (χ3n) is 5.77. The lowest BCUT2D eigenvalue weighted by Crippen LogP contribution is -2.36. The summed E-state index contributed by atoms with van der Waals surface area (Å²) >= 11 is 0. The number of likely N-dealkylation sites (tertiary alicyclic amines) is 1. The predicted octanol–water partition coefficient (Wildman–Crippen LogP) is 2.92. The monoisotopic (exact) mass is 405 g/mol. The highest BCUT2D eigenvalue weighted by molar-refractivity contribution is 5.79. The third-order valence-corrected chi connectivity index (χ3v) is 5.77. The highest BCUT2D eigenvalue weighted by Crippen LogP contribution is 2.38. The van der Waals surface area contributed by atoms with E-state index in [1.54, 1.807) is 18.2 Å². The van der Waals surface area contributed by atoms with Crippen LogP contribution in [0, 0.1) is 0 Å². The van der Waals surface area contributed by atoms with Crippen molar-refractivity contribution in [2.75, 3.05) is 19.8 Å². The molecular formula is C23H23N3O4. The molecule has 7 nitrogen and oxygen atoms in total. The number of ether oxygens (including phenoxy) is 2. The fourth-order valence-electron chi connectivity index (χ4n) is 4.25. The molecule has 30 heavy (non-hydrogen) atoms. The van der Waals surface area contributed by atoms with Gasteiger partial charge in [0, 0.05) is 13.0 Å². The number of fused-ring (bicyclic) bond motifs is 2. The molecule has 3 aromatic rings. The molecule has 0 N–H and O–H groups in total. The number of benzene rings is 2. The number of amides is 1. The smallest absolute Gasteiger partial charge is 0.261 e. The lowest BCUT2D eigenvalue weighted by molar-refractivity contribution is -0.132. The molecule has 1 saturated heterocycles. The summed E-state index contributed by atoms with van der Waals surface area (Å²) in [5.74, 6) is 1.41. The fraction of sp³-hybridized carbons (Fsp3) is 0.348. The SMILES string of the molecule is O=C(Cn1cnc2ccccc2c1=O)N1CCC[C@@H]1c1ccc2c(c1)OCCCO2. The van der Waals surface area contributed by atoms with Gasteiger partial charge in [0.05, 0.1) is 36.5 Å². The molecule has 5 rings (SSSR count). The van der Waals surface area contributed by atoms with Crippen LogP contribution in [0.25, 0.3) is 10.9 Å². The Morgan fingerprint density at radius 1 is 1.07 bits per heavy atom. The van der Waals surface area contributed by atoms with E-state index in [1.165, 1.54) is 10.9 Å². The molecule has 3 heterocycles. The van der Waals surface area contributed by atoms with E-state index in [1.807, 2.05) is 29.2 Å². The predicted molar refractivity (Wildman–Crippen MR) is 112 cm³/mol. The van der Waals surface area contributed by atoms with Crippen molar-refractivity contribution >= 4 is 16.8 Å². The number of carbonyl (C=O) groups is 1. The average Bonchev–Trinajstić information content (AvgIpc) is 3.15. The minimum atomic E-state index is -0.194. The number of nitrogens with zero attached hydrogens (tertiary/aromatic N) is 3. The highest BCUT2D eigenvalue weighted by atomic mass is 16.5. The molecule has 1 fully saturated rings. The average molecular weight is 405 g/mol. The first-order chi connectivity index (χ1) is 14.7. The number of carbonyl (C=O) groups excluding carboxylic acids is 1. The molecule has 0 saturated carbocycles. The van der Waals surface area contributed by atoms with E-state index in [4.69, 9.17) is 9.47 Å². The second kappa shape index (κ2) is 7.82. The molecule has 154 valence electrons. The van der Waals surface area contributed by atoms with E-state index in [-0.39, 0.29) is 24.1 Å². The summed E-state index contributed by atoms with van der Waals surface area (Å²) < 4.78 is 12.9. The second-order valence-electron chi connectivity index (χ2n) is 7.70.